The van der Waals surface area contributed by atoms with Crippen molar-refractivity contribution in [2.24, 2.45) is 0 Å². The van der Waals surface area contributed by atoms with Crippen LogP contribution in [-0.2, 0) is 9.57 Å². The number of carbonyl (C=O) groups is 1. The van der Waals surface area contributed by atoms with Crippen molar-refractivity contribution in [1.82, 2.24) is 15.3 Å². The van der Waals surface area contributed by atoms with Gasteiger partial charge in [0.1, 0.15) is 0 Å². The van der Waals surface area contributed by atoms with Crippen LogP contribution in [0.15, 0.2) is 0 Å². The average molecular weight is 243 g/mol. The van der Waals surface area contributed by atoms with E-state index >= 15 is 0 Å². The van der Waals surface area contributed by atoms with Crippen molar-refractivity contribution in [3.8, 4) is 0 Å². The Balaban J connectivity index is 1.53. The summed E-state index contributed by atoms with van der Waals surface area (Å²) in [5, 5.41) is 0. The molecule has 0 aromatic carbocycles. The molecular formula is C11H21N3O3. The van der Waals surface area contributed by atoms with Gasteiger partial charge in [-0.15, -0.1) is 0 Å². The van der Waals surface area contributed by atoms with Crippen LogP contribution in [0.2, 0.25) is 0 Å². The lowest BCUT2D eigenvalue weighted by Gasteiger charge is -2.26. The molecule has 0 saturated carbocycles. The van der Waals surface area contributed by atoms with Crippen molar-refractivity contribution in [2.45, 2.75) is 12.8 Å². The Bertz CT molecular complexity index is 238. The molecule has 0 unspecified atom stereocenters. The maximum absolute atomic E-state index is 11.6. The molecule has 0 bridgehead atoms. The molecule has 0 spiro atoms. The summed E-state index contributed by atoms with van der Waals surface area (Å²) >= 11 is 0. The van der Waals surface area contributed by atoms with Crippen LogP contribution in [-0.4, -0.2) is 68.4 Å². The predicted octanol–water partition coefficient (Wildman–Crippen LogP) is 0.0556. The Labute approximate surface area is 102 Å². The Morgan fingerprint density at radius 3 is 2.59 bits per heavy atom. The molecule has 1 N–H and O–H groups in total. The Kier molecular flexibility index (Phi) is 5.03. The van der Waals surface area contributed by atoms with Crippen LogP contribution < -0.4 is 5.48 Å². The molecule has 0 aliphatic carbocycles. The van der Waals surface area contributed by atoms with E-state index in [1.54, 1.807) is 4.90 Å². The van der Waals surface area contributed by atoms with E-state index in [1.807, 2.05) is 0 Å². The first-order valence-electron chi connectivity index (χ1n) is 6.33. The highest BCUT2D eigenvalue weighted by Crippen LogP contribution is 2.05. The summed E-state index contributed by atoms with van der Waals surface area (Å²) < 4.78 is 5.17. The van der Waals surface area contributed by atoms with Gasteiger partial charge in [0.05, 0.1) is 19.8 Å². The third-order valence-electron chi connectivity index (χ3n) is 3.17. The predicted molar refractivity (Wildman–Crippen MR) is 62.5 cm³/mol. The molecule has 0 aromatic rings. The number of nitrogens with zero attached hydrogens (tertiary/aromatic N) is 2. The minimum absolute atomic E-state index is 0.158. The number of hydroxylamine groups is 1. The molecule has 2 fully saturated rings. The van der Waals surface area contributed by atoms with E-state index in [0.717, 1.165) is 19.6 Å². The largest absolute Gasteiger partial charge is 0.378 e. The fourth-order valence-electron chi connectivity index (χ4n) is 2.12. The van der Waals surface area contributed by atoms with E-state index in [2.05, 4.69) is 10.4 Å². The zero-order chi connectivity index (χ0) is 11.9. The van der Waals surface area contributed by atoms with Gasteiger partial charge in [-0.1, -0.05) is 0 Å². The van der Waals surface area contributed by atoms with E-state index in [4.69, 9.17) is 9.57 Å². The molecule has 6 nitrogen and oxygen atoms in total. The molecule has 6 heteroatoms. The van der Waals surface area contributed by atoms with Crippen LogP contribution in [0, 0.1) is 0 Å². The van der Waals surface area contributed by atoms with Crippen LogP contribution in [0.25, 0.3) is 0 Å². The zero-order valence-corrected chi connectivity index (χ0v) is 10.2. The maximum atomic E-state index is 11.6. The molecule has 2 aliphatic heterocycles. The number of morpholine rings is 1. The highest BCUT2D eigenvalue weighted by atomic mass is 16.7. The summed E-state index contributed by atoms with van der Waals surface area (Å²) in [6, 6.07) is -0.158. The molecule has 98 valence electrons. The number of carbonyl (C=O) groups excluding carboxylic acids is 1. The van der Waals surface area contributed by atoms with E-state index in [-0.39, 0.29) is 6.03 Å². The van der Waals surface area contributed by atoms with Crippen molar-refractivity contribution in [2.75, 3.05) is 52.5 Å². The van der Waals surface area contributed by atoms with E-state index in [1.165, 1.54) is 12.8 Å². The quantitative estimate of drug-likeness (QED) is 0.560. The van der Waals surface area contributed by atoms with Crippen molar-refractivity contribution in [1.29, 1.82) is 0 Å². The molecule has 2 amide bonds. The summed E-state index contributed by atoms with van der Waals surface area (Å²) in [5.74, 6) is 0. The number of likely N-dealkylation sites (tertiary alicyclic amines) is 1. The standard InChI is InChI=1S/C11H21N3O3/c15-11(14-6-8-16-9-7-14)12-17-10-5-13-3-1-2-4-13/h1-10H2,(H,12,15). The molecule has 17 heavy (non-hydrogen) atoms. The minimum Gasteiger partial charge on any atom is -0.378 e. The van der Waals surface area contributed by atoms with Gasteiger partial charge in [0.2, 0.25) is 0 Å². The minimum atomic E-state index is -0.158. The highest BCUT2D eigenvalue weighted by Gasteiger charge is 2.16. The van der Waals surface area contributed by atoms with Crippen molar-refractivity contribution < 1.29 is 14.4 Å². The van der Waals surface area contributed by atoms with Crippen LogP contribution in [0.4, 0.5) is 4.79 Å². The summed E-state index contributed by atoms with van der Waals surface area (Å²) in [6.45, 7) is 6.26. The normalized spacial score (nSPS) is 21.8. The van der Waals surface area contributed by atoms with Crippen molar-refractivity contribution in [3.05, 3.63) is 0 Å². The molecule has 2 aliphatic rings. The fraction of sp³-hybridized carbons (Fsp3) is 0.909. The SMILES string of the molecule is O=C(NOCCN1CCCC1)N1CCOCC1. The number of ether oxygens (including phenoxy) is 1. The zero-order valence-electron chi connectivity index (χ0n) is 10.2. The summed E-state index contributed by atoms with van der Waals surface area (Å²) in [4.78, 5) is 20.9. The lowest BCUT2D eigenvalue weighted by Crippen LogP contribution is -2.46. The summed E-state index contributed by atoms with van der Waals surface area (Å²) in [5.41, 5.74) is 2.48. The summed E-state index contributed by atoms with van der Waals surface area (Å²) in [6.07, 6.45) is 2.56. The fourth-order valence-corrected chi connectivity index (χ4v) is 2.12. The van der Waals surface area contributed by atoms with Gasteiger partial charge in [0, 0.05) is 19.6 Å². The van der Waals surface area contributed by atoms with Gasteiger partial charge in [-0.25, -0.2) is 10.3 Å². The lowest BCUT2D eigenvalue weighted by molar-refractivity contribution is 0.0139. The average Bonchev–Trinajstić information content (AvgIpc) is 2.88. The number of amides is 2. The Hall–Kier alpha value is -0.850. The van der Waals surface area contributed by atoms with Crippen molar-refractivity contribution in [3.63, 3.8) is 0 Å². The third kappa shape index (κ3) is 4.14. The number of hydrogen-bond acceptors (Lipinski definition) is 4. The van der Waals surface area contributed by atoms with E-state index in [0.29, 0.717) is 32.9 Å². The van der Waals surface area contributed by atoms with Gasteiger partial charge in [-0.2, -0.15) is 0 Å². The molecule has 0 aromatic heterocycles. The van der Waals surface area contributed by atoms with Gasteiger partial charge in [-0.05, 0) is 25.9 Å². The van der Waals surface area contributed by atoms with Crippen molar-refractivity contribution >= 4 is 6.03 Å². The first kappa shape index (κ1) is 12.6. The summed E-state index contributed by atoms with van der Waals surface area (Å²) in [7, 11) is 0. The lowest BCUT2D eigenvalue weighted by atomic mass is 10.4. The van der Waals surface area contributed by atoms with Crippen LogP contribution in [0.1, 0.15) is 12.8 Å². The smallest absolute Gasteiger partial charge is 0.341 e. The first-order valence-corrected chi connectivity index (χ1v) is 6.33. The van der Waals surface area contributed by atoms with E-state index in [9.17, 15) is 4.79 Å². The second-order valence-corrected chi connectivity index (χ2v) is 4.40. The second kappa shape index (κ2) is 6.78. The number of urea groups is 1. The van der Waals surface area contributed by atoms with Gasteiger partial charge in [0.15, 0.2) is 0 Å². The van der Waals surface area contributed by atoms with Gasteiger partial charge < -0.3 is 14.5 Å². The molecule has 2 rings (SSSR count). The van der Waals surface area contributed by atoms with E-state index < -0.39 is 0 Å². The number of nitrogens with one attached hydrogen (secondary N) is 1. The monoisotopic (exact) mass is 243 g/mol. The molecule has 2 heterocycles. The Morgan fingerprint density at radius 2 is 1.88 bits per heavy atom. The first-order chi connectivity index (χ1) is 8.36. The maximum Gasteiger partial charge on any atom is 0.341 e. The number of rotatable bonds is 4. The molecule has 2 saturated heterocycles. The van der Waals surface area contributed by atoms with Crippen LogP contribution in [0.5, 0.6) is 0 Å². The molecule has 0 atom stereocenters. The Morgan fingerprint density at radius 1 is 1.18 bits per heavy atom. The number of hydrogen-bond donors (Lipinski definition) is 1. The van der Waals surface area contributed by atoms with Gasteiger partial charge in [0.25, 0.3) is 0 Å². The van der Waals surface area contributed by atoms with Gasteiger partial charge in [-0.3, -0.25) is 4.84 Å². The third-order valence-corrected chi connectivity index (χ3v) is 3.17. The van der Waals surface area contributed by atoms with Crippen LogP contribution in [0.3, 0.4) is 0 Å². The van der Waals surface area contributed by atoms with Gasteiger partial charge >= 0.3 is 6.03 Å². The molecular weight excluding hydrogens is 222 g/mol. The van der Waals surface area contributed by atoms with Crippen LogP contribution >= 0.6 is 0 Å². The molecule has 0 radical (unpaired) electrons. The topological polar surface area (TPSA) is 54.0 Å². The second-order valence-electron chi connectivity index (χ2n) is 4.40. The highest BCUT2D eigenvalue weighted by molar-refractivity contribution is 5.73.